The molecule has 1 heteroatoms. The van der Waals surface area contributed by atoms with Gasteiger partial charge in [-0.15, -0.1) is 0 Å². The van der Waals surface area contributed by atoms with Crippen LogP contribution in [-0.4, -0.2) is 4.40 Å². The lowest BCUT2D eigenvalue weighted by Crippen LogP contribution is -1.87. The molecule has 0 bridgehead atoms. The standard InChI is InChI=1S/C35H23N/c1-22-14-15-26(23-8-3-2-4-9-23)18-30(22)27-16-17-33-31(20-27)28-12-7-13-29-32-19-24-10-5-6-11-25(24)21-34(32)36(33)35(28)29/h2-21H,1H3. The highest BCUT2D eigenvalue weighted by atomic mass is 14.9. The van der Waals surface area contributed by atoms with Gasteiger partial charge in [0.05, 0.1) is 16.6 Å². The molecular weight excluding hydrogens is 434 g/mol. The van der Waals surface area contributed by atoms with E-state index in [4.69, 9.17) is 0 Å². The summed E-state index contributed by atoms with van der Waals surface area (Å²) in [5.74, 6) is 0. The number of fused-ring (bicyclic) bond motifs is 7. The van der Waals surface area contributed by atoms with Crippen LogP contribution >= 0.6 is 0 Å². The molecule has 0 saturated carbocycles. The predicted molar refractivity (Wildman–Crippen MR) is 154 cm³/mol. The number of aryl methyl sites for hydroxylation is 1. The molecule has 8 aromatic rings. The van der Waals surface area contributed by atoms with Gasteiger partial charge in [-0.3, -0.25) is 0 Å². The Bertz CT molecular complexity index is 2090. The molecule has 168 valence electrons. The molecule has 0 atom stereocenters. The molecule has 0 amide bonds. The molecule has 0 spiro atoms. The molecule has 36 heavy (non-hydrogen) atoms. The van der Waals surface area contributed by atoms with Crippen LogP contribution in [0.5, 0.6) is 0 Å². The SMILES string of the molecule is Cc1ccc(-c2ccccc2)cc1-c1ccc2c(c1)c1cccc3c4cc5ccccc5cc4n2c13. The number of benzene rings is 6. The zero-order chi connectivity index (χ0) is 23.8. The van der Waals surface area contributed by atoms with Crippen molar-refractivity contribution in [2.75, 3.05) is 0 Å². The number of hydrogen-bond donors (Lipinski definition) is 0. The zero-order valence-corrected chi connectivity index (χ0v) is 20.0. The van der Waals surface area contributed by atoms with Crippen molar-refractivity contribution in [3.63, 3.8) is 0 Å². The molecular formula is C35H23N. The first-order valence-corrected chi connectivity index (χ1v) is 12.5. The minimum absolute atomic E-state index is 1.25. The van der Waals surface area contributed by atoms with Gasteiger partial charge in [-0.2, -0.15) is 0 Å². The molecule has 2 heterocycles. The van der Waals surface area contributed by atoms with Crippen LogP contribution in [0.15, 0.2) is 121 Å². The van der Waals surface area contributed by atoms with E-state index in [0.29, 0.717) is 0 Å². The van der Waals surface area contributed by atoms with Gasteiger partial charge in [0.25, 0.3) is 0 Å². The first kappa shape index (κ1) is 19.7. The van der Waals surface area contributed by atoms with E-state index >= 15 is 0 Å². The van der Waals surface area contributed by atoms with Crippen LogP contribution < -0.4 is 0 Å². The third-order valence-electron chi connectivity index (χ3n) is 7.84. The third-order valence-corrected chi connectivity index (χ3v) is 7.84. The van der Waals surface area contributed by atoms with Gasteiger partial charge in [0.2, 0.25) is 0 Å². The van der Waals surface area contributed by atoms with Crippen LogP contribution in [0, 0.1) is 6.92 Å². The highest BCUT2D eigenvalue weighted by molar-refractivity contribution is 6.25. The maximum atomic E-state index is 2.47. The van der Waals surface area contributed by atoms with Crippen LogP contribution in [0.2, 0.25) is 0 Å². The van der Waals surface area contributed by atoms with Gasteiger partial charge in [-0.25, -0.2) is 0 Å². The molecule has 2 aromatic heterocycles. The number of aromatic nitrogens is 1. The molecule has 0 fully saturated rings. The van der Waals surface area contributed by atoms with E-state index in [1.807, 2.05) is 0 Å². The Morgan fingerprint density at radius 3 is 1.94 bits per heavy atom. The lowest BCUT2D eigenvalue weighted by atomic mass is 9.94. The van der Waals surface area contributed by atoms with Crippen molar-refractivity contribution in [3.8, 4) is 22.3 Å². The summed E-state index contributed by atoms with van der Waals surface area (Å²) >= 11 is 0. The van der Waals surface area contributed by atoms with Crippen molar-refractivity contribution >= 4 is 48.9 Å². The molecule has 1 nitrogen and oxygen atoms in total. The maximum absolute atomic E-state index is 2.47. The van der Waals surface area contributed by atoms with Crippen molar-refractivity contribution in [3.05, 3.63) is 127 Å². The summed E-state index contributed by atoms with van der Waals surface area (Å²) in [4.78, 5) is 0. The molecule has 0 aliphatic carbocycles. The van der Waals surface area contributed by atoms with Gasteiger partial charge in [0.1, 0.15) is 0 Å². The van der Waals surface area contributed by atoms with Gasteiger partial charge in [-0.1, -0.05) is 91.0 Å². The first-order chi connectivity index (χ1) is 17.8. The molecule has 0 unspecified atom stereocenters. The summed E-state index contributed by atoms with van der Waals surface area (Å²) < 4.78 is 2.47. The number of para-hydroxylation sites is 1. The number of rotatable bonds is 2. The molecule has 0 aliphatic heterocycles. The largest absolute Gasteiger partial charge is 0.308 e. The Morgan fingerprint density at radius 2 is 1.14 bits per heavy atom. The average molecular weight is 458 g/mol. The van der Waals surface area contributed by atoms with Crippen LogP contribution in [0.4, 0.5) is 0 Å². The van der Waals surface area contributed by atoms with Gasteiger partial charge >= 0.3 is 0 Å². The summed E-state index contributed by atoms with van der Waals surface area (Å²) in [6.07, 6.45) is 0. The van der Waals surface area contributed by atoms with E-state index in [2.05, 4.69) is 133 Å². The van der Waals surface area contributed by atoms with E-state index in [9.17, 15) is 0 Å². The quantitative estimate of drug-likeness (QED) is 0.243. The second-order valence-corrected chi connectivity index (χ2v) is 9.88. The fraction of sp³-hybridized carbons (Fsp3) is 0.0286. The lowest BCUT2D eigenvalue weighted by Gasteiger charge is -2.10. The van der Waals surface area contributed by atoms with E-state index in [0.717, 1.165) is 0 Å². The van der Waals surface area contributed by atoms with Crippen LogP contribution in [-0.2, 0) is 0 Å². The van der Waals surface area contributed by atoms with Gasteiger partial charge in [0, 0.05) is 21.5 Å². The summed E-state index contributed by atoms with van der Waals surface area (Å²) in [5, 5.41) is 7.86. The Labute approximate surface area is 209 Å². The Balaban J connectivity index is 1.42. The smallest absolute Gasteiger partial charge is 0.0620 e. The summed E-state index contributed by atoms with van der Waals surface area (Å²) in [5.41, 5.74) is 10.2. The molecule has 0 radical (unpaired) electrons. The summed E-state index contributed by atoms with van der Waals surface area (Å²) in [6.45, 7) is 2.21. The number of hydrogen-bond acceptors (Lipinski definition) is 0. The zero-order valence-electron chi connectivity index (χ0n) is 20.0. The van der Waals surface area contributed by atoms with Crippen molar-refractivity contribution in [1.29, 1.82) is 0 Å². The van der Waals surface area contributed by atoms with Gasteiger partial charge in [-0.05, 0) is 75.8 Å². The predicted octanol–water partition coefficient (Wildman–Crippen LogP) is 9.63. The van der Waals surface area contributed by atoms with Crippen LogP contribution in [0.25, 0.3) is 71.1 Å². The molecule has 6 aromatic carbocycles. The summed E-state index contributed by atoms with van der Waals surface area (Å²) in [7, 11) is 0. The van der Waals surface area contributed by atoms with Crippen molar-refractivity contribution in [2.24, 2.45) is 0 Å². The average Bonchev–Trinajstić information content (AvgIpc) is 3.44. The third kappa shape index (κ3) is 2.66. The summed E-state index contributed by atoms with van der Waals surface area (Å²) in [6, 6.07) is 44.6. The highest BCUT2D eigenvalue weighted by Gasteiger charge is 2.18. The maximum Gasteiger partial charge on any atom is 0.0620 e. The normalized spacial score (nSPS) is 12.0. The van der Waals surface area contributed by atoms with E-state index < -0.39 is 0 Å². The molecule has 0 N–H and O–H groups in total. The minimum Gasteiger partial charge on any atom is -0.308 e. The van der Waals surface area contributed by atoms with E-state index in [1.54, 1.807) is 0 Å². The fourth-order valence-corrected chi connectivity index (χ4v) is 6.08. The van der Waals surface area contributed by atoms with Gasteiger partial charge < -0.3 is 4.40 Å². The van der Waals surface area contributed by atoms with Gasteiger partial charge in [0.15, 0.2) is 0 Å². The monoisotopic (exact) mass is 457 g/mol. The van der Waals surface area contributed by atoms with Crippen LogP contribution in [0.1, 0.15) is 5.56 Å². The first-order valence-electron chi connectivity index (χ1n) is 12.5. The number of nitrogens with zero attached hydrogens (tertiary/aromatic N) is 1. The highest BCUT2D eigenvalue weighted by Crippen LogP contribution is 2.41. The van der Waals surface area contributed by atoms with Crippen molar-refractivity contribution in [2.45, 2.75) is 6.92 Å². The lowest BCUT2D eigenvalue weighted by molar-refractivity contribution is 1.37. The molecule has 0 aliphatic rings. The Hall–Kier alpha value is -4.62. The second-order valence-electron chi connectivity index (χ2n) is 9.88. The second kappa shape index (κ2) is 7.19. The van der Waals surface area contributed by atoms with E-state index in [1.165, 1.54) is 76.7 Å². The van der Waals surface area contributed by atoms with Crippen molar-refractivity contribution in [1.82, 2.24) is 4.40 Å². The molecule has 0 saturated heterocycles. The van der Waals surface area contributed by atoms with Crippen molar-refractivity contribution < 1.29 is 0 Å². The topological polar surface area (TPSA) is 4.41 Å². The Morgan fingerprint density at radius 1 is 0.444 bits per heavy atom. The fourth-order valence-electron chi connectivity index (χ4n) is 6.08. The minimum atomic E-state index is 1.25. The Kier molecular flexibility index (Phi) is 3.93. The van der Waals surface area contributed by atoms with Crippen LogP contribution in [0.3, 0.4) is 0 Å². The molecule has 8 rings (SSSR count). The van der Waals surface area contributed by atoms with E-state index in [-0.39, 0.29) is 0 Å².